The number of imidazole rings is 4. The topological polar surface area (TPSA) is 389 Å². The van der Waals surface area contributed by atoms with Crippen molar-refractivity contribution in [2.24, 2.45) is 0 Å². The number of nitrogen functional groups attached to an aromatic ring is 4. The number of hydrogen-bond acceptors (Lipinski definition) is 24. The average molecular weight is 1700 g/mol. The third-order valence-corrected chi connectivity index (χ3v) is 19.5. The average Bonchev–Trinajstić information content (AvgIpc) is 1.74. The van der Waals surface area contributed by atoms with Crippen LogP contribution in [0.3, 0.4) is 0 Å². The lowest BCUT2D eigenvalue weighted by Crippen LogP contribution is -2.13. The Morgan fingerprint density at radius 3 is 1.21 bits per heavy atom. The fourth-order valence-corrected chi connectivity index (χ4v) is 13.4. The number of anilines is 8. The molecule has 0 aliphatic carbocycles. The summed E-state index contributed by atoms with van der Waals surface area (Å²) in [6.45, 7) is 29.4. The lowest BCUT2D eigenvalue weighted by atomic mass is 10.0. The molecule has 0 radical (unpaired) electrons. The highest BCUT2D eigenvalue weighted by Gasteiger charge is 2.28. The van der Waals surface area contributed by atoms with Crippen molar-refractivity contribution in [2.45, 2.75) is 51.9 Å². The first-order chi connectivity index (χ1) is 58.4. The van der Waals surface area contributed by atoms with Crippen LogP contribution < -0.4 is 44.2 Å². The second kappa shape index (κ2) is 35.6. The highest BCUT2D eigenvalue weighted by Crippen LogP contribution is 2.41. The molecule has 12 heterocycles. The van der Waals surface area contributed by atoms with Gasteiger partial charge >= 0.3 is 0 Å². The molecule has 12 N–H and O–H groups in total. The Hall–Kier alpha value is -15.4. The number of rotatable bonds is 17. The Bertz CT molecular complexity index is 6760. The maximum absolute atomic E-state index is 14.6. The largest absolute Gasteiger partial charge is 0.392 e. The van der Waals surface area contributed by atoms with E-state index in [0.717, 1.165) is 57.9 Å². The van der Waals surface area contributed by atoms with Crippen LogP contribution in [-0.2, 0) is 0 Å². The minimum atomic E-state index is -1.04. The van der Waals surface area contributed by atoms with E-state index in [1.165, 1.54) is 70.9 Å². The molecule has 0 unspecified atom stereocenters. The summed E-state index contributed by atoms with van der Waals surface area (Å²) in [5.74, 6) is -2.01. The molecule has 0 fully saturated rings. The fraction of sp³-hybridized carbons (Fsp3) is 0.0988. The van der Waals surface area contributed by atoms with Gasteiger partial charge in [0.05, 0.1) is 97.0 Å². The molecule has 0 saturated carbocycles. The van der Waals surface area contributed by atoms with Crippen molar-refractivity contribution < 1.29 is 22.0 Å². The highest BCUT2D eigenvalue weighted by atomic mass is 35.5. The lowest BCUT2D eigenvalue weighted by Gasteiger charge is -2.20. The van der Waals surface area contributed by atoms with Crippen molar-refractivity contribution in [3.8, 4) is 56.2 Å². The maximum atomic E-state index is 14.6. The van der Waals surface area contributed by atoms with Crippen molar-refractivity contribution in [2.75, 3.05) is 44.2 Å². The van der Waals surface area contributed by atoms with Gasteiger partial charge in [0, 0.05) is 50.7 Å². The summed E-state index contributed by atoms with van der Waals surface area (Å²) < 4.78 is 76.7. The van der Waals surface area contributed by atoms with Crippen molar-refractivity contribution in [1.82, 2.24) is 98.3 Å². The second-order valence-corrected chi connectivity index (χ2v) is 27.9. The molecular formula is C81H60Cl4F5N31. The number of nitrogens with two attached hydrogens (primary N) is 4. The minimum absolute atomic E-state index is 0.0275. The molecule has 12 aromatic heterocycles. The molecule has 121 heavy (non-hydrogen) atoms. The molecule has 0 saturated heterocycles. The van der Waals surface area contributed by atoms with Crippen molar-refractivity contribution in [1.29, 1.82) is 0 Å². The Labute approximate surface area is 702 Å². The molecule has 17 rings (SSSR count). The van der Waals surface area contributed by atoms with Crippen LogP contribution in [0.4, 0.5) is 85.7 Å². The first-order valence-electron chi connectivity index (χ1n) is 35.9. The summed E-state index contributed by atoms with van der Waals surface area (Å²) in [6, 6.07) is 38.3. The van der Waals surface area contributed by atoms with Crippen LogP contribution in [0.2, 0.25) is 20.6 Å². The van der Waals surface area contributed by atoms with Crippen molar-refractivity contribution in [3.63, 3.8) is 0 Å². The summed E-state index contributed by atoms with van der Waals surface area (Å²) in [7, 11) is 0. The zero-order chi connectivity index (χ0) is 85.4. The van der Waals surface area contributed by atoms with Crippen LogP contribution in [0.15, 0.2) is 196 Å². The third-order valence-electron chi connectivity index (χ3n) is 18.5. The Kier molecular flexibility index (Phi) is 24.1. The van der Waals surface area contributed by atoms with Gasteiger partial charge in [-0.15, -0.1) is 0 Å². The van der Waals surface area contributed by atoms with Crippen LogP contribution in [-0.4, -0.2) is 98.3 Å². The highest BCUT2D eigenvalue weighted by molar-refractivity contribution is 6.30. The molecule has 40 heteroatoms. The number of fused-ring (bicyclic) bond motifs is 4. The van der Waals surface area contributed by atoms with Gasteiger partial charge in [0.15, 0.2) is 54.8 Å². The first kappa shape index (κ1) is 82.1. The number of nitrogens with one attached hydrogen (secondary N) is 4. The number of aromatic nitrogens is 20. The summed E-state index contributed by atoms with van der Waals surface area (Å²) in [5.41, 5.74) is 33.3. The van der Waals surface area contributed by atoms with E-state index in [1.807, 2.05) is 86.6 Å². The van der Waals surface area contributed by atoms with E-state index in [-0.39, 0.29) is 97.1 Å². The summed E-state index contributed by atoms with van der Waals surface area (Å²) >= 11 is 24.7. The normalized spacial score (nSPS) is 12.0. The smallest absolute Gasteiger partial charge is 0.268 e. The predicted octanol–water partition coefficient (Wildman–Crippen LogP) is 18.4. The molecule has 0 bridgehead atoms. The summed E-state index contributed by atoms with van der Waals surface area (Å²) in [6.07, 6.45) is 11.2. The van der Waals surface area contributed by atoms with E-state index >= 15 is 0 Å². The monoisotopic (exact) mass is 1700 g/mol. The van der Waals surface area contributed by atoms with Gasteiger partial charge in [0.2, 0.25) is 11.6 Å². The van der Waals surface area contributed by atoms with E-state index in [9.17, 15) is 22.0 Å². The first-order valence-corrected chi connectivity index (χ1v) is 37.4. The molecule has 0 aliphatic rings. The van der Waals surface area contributed by atoms with E-state index in [0.29, 0.717) is 72.5 Å². The zero-order valence-corrected chi connectivity index (χ0v) is 66.3. The van der Waals surface area contributed by atoms with Gasteiger partial charge in [-0.2, -0.15) is 20.4 Å². The zero-order valence-electron chi connectivity index (χ0n) is 63.3. The molecule has 0 spiro atoms. The molecular weight excluding hydrogens is 1640 g/mol. The van der Waals surface area contributed by atoms with E-state index < -0.39 is 35.4 Å². The molecule has 5 aromatic carbocycles. The van der Waals surface area contributed by atoms with Crippen LogP contribution >= 0.6 is 46.4 Å². The van der Waals surface area contributed by atoms with Crippen LogP contribution in [0.25, 0.3) is 93.3 Å². The number of hydrogen-bond donors (Lipinski definition) is 8. The van der Waals surface area contributed by atoms with Crippen molar-refractivity contribution >= 4 is 133 Å². The van der Waals surface area contributed by atoms with Gasteiger partial charge in [-0.1, -0.05) is 125 Å². The molecule has 0 aliphatic heterocycles. The predicted molar refractivity (Wildman–Crippen MR) is 452 cm³/mol. The Balaban J connectivity index is 0.000000132. The summed E-state index contributed by atoms with van der Waals surface area (Å²) in [5, 5.41) is 32.3. The Morgan fingerprint density at radius 2 is 0.760 bits per heavy atom. The van der Waals surface area contributed by atoms with Gasteiger partial charge < -0.3 is 44.2 Å². The molecule has 31 nitrogen and oxygen atoms in total. The fourth-order valence-electron chi connectivity index (χ4n) is 12.7. The molecule has 0 amide bonds. The maximum Gasteiger partial charge on any atom is 0.268 e. The standard InChI is InChI=1S/C24H19ClFN7.2C19H13ClF2N8.C19H15ClN8/c1-14(31-24-21(23(27)29-13-30-24)16-8-5-9-17(26)10-16)18-11-20-28-12-19(25)33(20)32-22(18)15-6-3-2-4-7-15;1-9(28-19-17(24-2)18(23)26-8-27-19)11-6-15-25-7-14(20)30(15)29-16(11)12-5-10(21)3-4-13(12)22;1-9(28-19-17(24-2)18(23)26-8-27-19)11-6-14-25-7-13(20)30(14)29-16(11)10-4-3-5-12(21)15(10)22;1-11(25-18-14(22-2)9-24-19(21)26-18)13-8-16-23-10-15(20)28(16)27-17(13)12-6-4-3-5-7-12/h2-14H,1H3,(H3,27,29,30,31);2*3-9H,1H3,(H3,23,26,27,28);3-11H,1H3,(H3,21,24,25,26)/t14-;2*9-;11-/m0000/s1. The lowest BCUT2D eigenvalue weighted by molar-refractivity contribution is 0.510. The number of halogens is 9. The van der Waals surface area contributed by atoms with E-state index in [1.54, 1.807) is 59.5 Å². The Morgan fingerprint density at radius 1 is 0.364 bits per heavy atom. The second-order valence-electron chi connectivity index (χ2n) is 26.3. The molecule has 17 aromatic rings. The SMILES string of the molecule is C[C@H](Nc1ncnc(N)c1-c1cccc(F)c1)c1cc2ncc(Cl)n2nc1-c1ccccc1.[C-]#[N+]c1c(N)ncnc1N[C@@H](C)c1cc2ncc(Cl)n2nc1-c1cc(F)ccc1F.[C-]#[N+]c1c(N)ncnc1N[C@@H](C)c1cc2ncc(Cl)n2nc1-c1cccc(F)c1F.[C-]#[N+]c1cnc(N)nc1N[C@@H](C)c1cc2ncc(Cl)n2nc1-c1ccccc1. The van der Waals surface area contributed by atoms with Gasteiger partial charge in [-0.05, 0) is 100.0 Å². The summed E-state index contributed by atoms with van der Waals surface area (Å²) in [4.78, 5) is 59.4. The van der Waals surface area contributed by atoms with Crippen molar-refractivity contribution in [3.05, 3.63) is 302 Å². The van der Waals surface area contributed by atoms with Gasteiger partial charge in [-0.25, -0.2) is 114 Å². The van der Waals surface area contributed by atoms with Gasteiger partial charge in [0.25, 0.3) is 11.4 Å². The van der Waals surface area contributed by atoms with E-state index in [2.05, 4.69) is 106 Å². The number of benzene rings is 5. The third kappa shape index (κ3) is 17.5. The molecule has 4 atom stereocenters. The van der Waals surface area contributed by atoms with Crippen LogP contribution in [0.1, 0.15) is 74.1 Å². The minimum Gasteiger partial charge on any atom is -0.392 e. The van der Waals surface area contributed by atoms with Crippen LogP contribution in [0, 0.1) is 48.8 Å². The van der Waals surface area contributed by atoms with E-state index in [4.69, 9.17) is 99.3 Å². The van der Waals surface area contributed by atoms with Crippen LogP contribution in [0.5, 0.6) is 0 Å². The number of nitrogens with zero attached hydrogens (tertiary/aromatic N) is 23. The van der Waals surface area contributed by atoms with Gasteiger partial charge in [-0.3, -0.25) is 0 Å². The van der Waals surface area contributed by atoms with Gasteiger partial charge in [0.1, 0.15) is 77.2 Å². The molecule has 602 valence electrons. The quantitative estimate of drug-likeness (QED) is 0.0310.